The van der Waals surface area contributed by atoms with Gasteiger partial charge in [-0.2, -0.15) is 5.10 Å². The van der Waals surface area contributed by atoms with E-state index in [-0.39, 0.29) is 10.6 Å². The zero-order valence-corrected chi connectivity index (χ0v) is 12.5. The van der Waals surface area contributed by atoms with Crippen LogP contribution in [0.25, 0.3) is 0 Å². The SMILES string of the molecule is CCn1cc(NS(=O)(=O)c2cc(C(=O)O)n(CC)c2)cn1. The number of aromatic nitrogens is 3. The number of aromatic carboxylic acids is 1. The molecule has 0 aliphatic carbocycles. The molecule has 0 saturated heterocycles. The monoisotopic (exact) mass is 312 g/mol. The van der Waals surface area contributed by atoms with E-state index in [1.165, 1.54) is 17.0 Å². The number of carboxylic acid groups (broad SMARTS) is 1. The van der Waals surface area contributed by atoms with Crippen LogP contribution in [-0.4, -0.2) is 33.8 Å². The van der Waals surface area contributed by atoms with E-state index in [0.717, 1.165) is 6.07 Å². The van der Waals surface area contributed by atoms with Gasteiger partial charge in [0.1, 0.15) is 10.6 Å². The number of sulfonamides is 1. The molecule has 0 amide bonds. The summed E-state index contributed by atoms with van der Waals surface area (Å²) in [4.78, 5) is 11.0. The second-order valence-electron chi connectivity index (χ2n) is 4.34. The lowest BCUT2D eigenvalue weighted by molar-refractivity contribution is 0.0685. The lowest BCUT2D eigenvalue weighted by atomic mass is 10.4. The Morgan fingerprint density at radius 1 is 1.33 bits per heavy atom. The number of aryl methyl sites for hydroxylation is 2. The van der Waals surface area contributed by atoms with Crippen LogP contribution in [0.5, 0.6) is 0 Å². The molecule has 0 atom stereocenters. The minimum absolute atomic E-state index is 0.0675. The average molecular weight is 312 g/mol. The van der Waals surface area contributed by atoms with Crippen molar-refractivity contribution in [3.05, 3.63) is 30.4 Å². The van der Waals surface area contributed by atoms with Crippen LogP contribution in [-0.2, 0) is 23.1 Å². The quantitative estimate of drug-likeness (QED) is 0.834. The third kappa shape index (κ3) is 3.07. The fraction of sp³-hybridized carbons (Fsp3) is 0.333. The molecule has 21 heavy (non-hydrogen) atoms. The lowest BCUT2D eigenvalue weighted by Crippen LogP contribution is -2.11. The van der Waals surface area contributed by atoms with E-state index in [9.17, 15) is 13.2 Å². The number of rotatable bonds is 6. The first-order chi connectivity index (χ1) is 9.87. The summed E-state index contributed by atoms with van der Waals surface area (Å²) in [6.07, 6.45) is 4.26. The summed E-state index contributed by atoms with van der Waals surface area (Å²) in [5.41, 5.74) is 0.264. The molecule has 2 aromatic heterocycles. The maximum atomic E-state index is 12.2. The van der Waals surface area contributed by atoms with Crippen LogP contribution < -0.4 is 4.72 Å². The summed E-state index contributed by atoms with van der Waals surface area (Å²) < 4.78 is 29.8. The van der Waals surface area contributed by atoms with E-state index in [4.69, 9.17) is 5.11 Å². The summed E-state index contributed by atoms with van der Waals surface area (Å²) in [7, 11) is -3.84. The van der Waals surface area contributed by atoms with Crippen LogP contribution in [0.2, 0.25) is 0 Å². The van der Waals surface area contributed by atoms with Crippen molar-refractivity contribution in [2.75, 3.05) is 4.72 Å². The van der Waals surface area contributed by atoms with Gasteiger partial charge in [0.05, 0.1) is 11.9 Å². The molecule has 0 aliphatic heterocycles. The highest BCUT2D eigenvalue weighted by molar-refractivity contribution is 7.92. The summed E-state index contributed by atoms with van der Waals surface area (Å²) in [6, 6.07) is 1.14. The molecular formula is C12H16N4O4S. The van der Waals surface area contributed by atoms with E-state index >= 15 is 0 Å². The predicted molar refractivity (Wildman–Crippen MR) is 75.8 cm³/mol. The molecule has 0 aliphatic rings. The normalized spacial score (nSPS) is 11.5. The van der Waals surface area contributed by atoms with Crippen molar-refractivity contribution in [3.8, 4) is 0 Å². The fourth-order valence-electron chi connectivity index (χ4n) is 1.87. The Bertz CT molecular complexity index is 760. The minimum Gasteiger partial charge on any atom is -0.477 e. The molecule has 8 nitrogen and oxygen atoms in total. The van der Waals surface area contributed by atoms with Crippen LogP contribution in [0.3, 0.4) is 0 Å². The molecule has 114 valence electrons. The molecule has 0 fully saturated rings. The first kappa shape index (κ1) is 15.1. The van der Waals surface area contributed by atoms with Crippen LogP contribution >= 0.6 is 0 Å². The van der Waals surface area contributed by atoms with Gasteiger partial charge < -0.3 is 9.67 Å². The maximum Gasteiger partial charge on any atom is 0.352 e. The van der Waals surface area contributed by atoms with Gasteiger partial charge in [0, 0.05) is 25.5 Å². The summed E-state index contributed by atoms with van der Waals surface area (Å²) in [5.74, 6) is -1.17. The molecule has 0 unspecified atom stereocenters. The Labute approximate surface area is 122 Å². The molecular weight excluding hydrogens is 296 g/mol. The number of carbonyl (C=O) groups is 1. The third-order valence-electron chi connectivity index (χ3n) is 2.95. The van der Waals surface area contributed by atoms with Gasteiger partial charge in [-0.05, 0) is 19.9 Å². The number of nitrogens with one attached hydrogen (secondary N) is 1. The molecule has 2 N–H and O–H groups in total. The standard InChI is InChI=1S/C12H16N4O4S/c1-3-15-8-10(5-11(15)12(17)18)21(19,20)14-9-6-13-16(4-2)7-9/h5-8,14H,3-4H2,1-2H3,(H,17,18). The van der Waals surface area contributed by atoms with Gasteiger partial charge in [-0.3, -0.25) is 9.40 Å². The number of hydrogen-bond donors (Lipinski definition) is 2. The largest absolute Gasteiger partial charge is 0.477 e. The van der Waals surface area contributed by atoms with Crippen LogP contribution in [0, 0.1) is 0 Å². The molecule has 0 saturated carbocycles. The second kappa shape index (κ2) is 5.60. The predicted octanol–water partition coefficient (Wildman–Crippen LogP) is 1.22. The zero-order valence-electron chi connectivity index (χ0n) is 11.6. The molecule has 2 heterocycles. The number of hydrogen-bond acceptors (Lipinski definition) is 4. The van der Waals surface area contributed by atoms with Crippen molar-refractivity contribution in [2.45, 2.75) is 31.8 Å². The second-order valence-corrected chi connectivity index (χ2v) is 6.02. The van der Waals surface area contributed by atoms with Gasteiger partial charge in [0.25, 0.3) is 10.0 Å². The number of anilines is 1. The van der Waals surface area contributed by atoms with Crippen molar-refractivity contribution in [2.24, 2.45) is 0 Å². The van der Waals surface area contributed by atoms with Crippen LogP contribution in [0.4, 0.5) is 5.69 Å². The summed E-state index contributed by atoms with van der Waals surface area (Å²) >= 11 is 0. The van der Waals surface area contributed by atoms with Crippen molar-refractivity contribution < 1.29 is 18.3 Å². The number of carboxylic acids is 1. The summed E-state index contributed by atoms with van der Waals surface area (Å²) in [5, 5.41) is 13.0. The first-order valence-corrected chi connectivity index (χ1v) is 7.84. The van der Waals surface area contributed by atoms with Gasteiger partial charge in [-0.25, -0.2) is 13.2 Å². The van der Waals surface area contributed by atoms with E-state index in [2.05, 4.69) is 9.82 Å². The Balaban J connectivity index is 2.33. The smallest absolute Gasteiger partial charge is 0.352 e. The Hall–Kier alpha value is -2.29. The molecule has 0 radical (unpaired) electrons. The maximum absolute atomic E-state index is 12.2. The molecule has 0 bridgehead atoms. The lowest BCUT2D eigenvalue weighted by Gasteiger charge is -2.03. The first-order valence-electron chi connectivity index (χ1n) is 6.36. The highest BCUT2D eigenvalue weighted by atomic mass is 32.2. The Morgan fingerprint density at radius 2 is 2.05 bits per heavy atom. The average Bonchev–Trinajstić information content (AvgIpc) is 3.04. The van der Waals surface area contributed by atoms with Crippen molar-refractivity contribution in [3.63, 3.8) is 0 Å². The minimum atomic E-state index is -3.84. The Morgan fingerprint density at radius 3 is 2.52 bits per heavy atom. The summed E-state index contributed by atoms with van der Waals surface area (Å²) in [6.45, 7) is 4.61. The highest BCUT2D eigenvalue weighted by Crippen LogP contribution is 2.18. The van der Waals surface area contributed by atoms with Crippen molar-refractivity contribution in [1.82, 2.24) is 14.3 Å². The van der Waals surface area contributed by atoms with Crippen molar-refractivity contribution in [1.29, 1.82) is 0 Å². The molecule has 2 aromatic rings. The van der Waals surface area contributed by atoms with E-state index in [0.29, 0.717) is 18.8 Å². The van der Waals surface area contributed by atoms with Gasteiger partial charge in [0.2, 0.25) is 0 Å². The molecule has 0 spiro atoms. The third-order valence-corrected chi connectivity index (χ3v) is 4.30. The van der Waals surface area contributed by atoms with E-state index < -0.39 is 16.0 Å². The van der Waals surface area contributed by atoms with Gasteiger partial charge in [-0.1, -0.05) is 0 Å². The van der Waals surface area contributed by atoms with Gasteiger partial charge in [0.15, 0.2) is 0 Å². The van der Waals surface area contributed by atoms with Crippen LogP contribution in [0.1, 0.15) is 24.3 Å². The molecule has 2 rings (SSSR count). The highest BCUT2D eigenvalue weighted by Gasteiger charge is 2.21. The molecule has 9 heteroatoms. The van der Waals surface area contributed by atoms with E-state index in [1.54, 1.807) is 17.8 Å². The number of nitrogens with zero attached hydrogens (tertiary/aromatic N) is 3. The van der Waals surface area contributed by atoms with Gasteiger partial charge in [-0.15, -0.1) is 0 Å². The van der Waals surface area contributed by atoms with Crippen LogP contribution in [0.15, 0.2) is 29.6 Å². The Kier molecular flexibility index (Phi) is 4.03. The topological polar surface area (TPSA) is 106 Å². The van der Waals surface area contributed by atoms with Gasteiger partial charge >= 0.3 is 5.97 Å². The van der Waals surface area contributed by atoms with Crippen molar-refractivity contribution >= 4 is 21.7 Å². The fourth-order valence-corrected chi connectivity index (χ4v) is 2.94. The molecule has 0 aromatic carbocycles. The zero-order chi connectivity index (χ0) is 15.6. The van der Waals surface area contributed by atoms with E-state index in [1.807, 2.05) is 6.92 Å².